The van der Waals surface area contributed by atoms with Crippen molar-refractivity contribution in [2.75, 3.05) is 19.8 Å². The van der Waals surface area contributed by atoms with Gasteiger partial charge in [0, 0.05) is 19.4 Å². The highest BCUT2D eigenvalue weighted by atomic mass is 16.6. The summed E-state index contributed by atoms with van der Waals surface area (Å²) in [6.07, 6.45) is 54.0. The molecule has 56 heavy (non-hydrogen) atoms. The predicted molar refractivity (Wildman–Crippen MR) is 242 cm³/mol. The first-order chi connectivity index (χ1) is 27.6. The number of esters is 2. The number of rotatable bonds is 47. The fraction of sp³-hybridized carbons (Fsp3) is 0.922. The van der Waals surface area contributed by atoms with Crippen LogP contribution in [0.2, 0.25) is 0 Å². The van der Waals surface area contributed by atoms with Crippen LogP contribution < -0.4 is 0 Å². The molecule has 0 fully saturated rings. The fourth-order valence-corrected chi connectivity index (χ4v) is 7.51. The highest BCUT2D eigenvalue weighted by molar-refractivity contribution is 5.70. The maximum atomic E-state index is 12.6. The zero-order chi connectivity index (χ0) is 40.7. The van der Waals surface area contributed by atoms with Gasteiger partial charge in [-0.25, -0.2) is 0 Å². The number of ether oxygens (including phenoxy) is 3. The zero-order valence-electron chi connectivity index (χ0n) is 38.2. The largest absolute Gasteiger partial charge is 0.462 e. The van der Waals surface area contributed by atoms with Crippen molar-refractivity contribution in [2.45, 2.75) is 284 Å². The van der Waals surface area contributed by atoms with Crippen LogP contribution in [-0.2, 0) is 23.8 Å². The van der Waals surface area contributed by atoms with E-state index in [0.717, 1.165) is 44.9 Å². The second-order valence-electron chi connectivity index (χ2n) is 17.1. The average molecular weight is 791 g/mol. The van der Waals surface area contributed by atoms with Gasteiger partial charge in [-0.15, -0.1) is 0 Å². The Morgan fingerprint density at radius 2 is 0.696 bits per heavy atom. The Hall–Kier alpha value is -1.36. The van der Waals surface area contributed by atoms with Crippen molar-refractivity contribution in [3.05, 3.63) is 12.2 Å². The number of hydrogen-bond acceptors (Lipinski definition) is 5. The first kappa shape index (κ1) is 54.6. The van der Waals surface area contributed by atoms with Gasteiger partial charge in [0.05, 0.1) is 6.61 Å². The summed E-state index contributed by atoms with van der Waals surface area (Å²) in [5.74, 6) is -0.403. The third-order valence-corrected chi connectivity index (χ3v) is 11.3. The van der Waals surface area contributed by atoms with Gasteiger partial charge < -0.3 is 14.2 Å². The molecular formula is C51H98O5. The van der Waals surface area contributed by atoms with Crippen molar-refractivity contribution >= 4 is 11.9 Å². The number of unbranched alkanes of at least 4 members (excludes halogenated alkanes) is 34. The summed E-state index contributed by atoms with van der Waals surface area (Å²) in [5, 5.41) is 0. The molecule has 0 saturated carbocycles. The van der Waals surface area contributed by atoms with Crippen LogP contribution in [0.5, 0.6) is 0 Å². The van der Waals surface area contributed by atoms with Crippen LogP contribution in [0.3, 0.4) is 0 Å². The summed E-state index contributed by atoms with van der Waals surface area (Å²) < 4.78 is 17.3. The lowest BCUT2D eigenvalue weighted by Crippen LogP contribution is -2.30. The predicted octanol–water partition coefficient (Wildman–Crippen LogP) is 16.7. The molecule has 0 radical (unpaired) electrons. The molecule has 0 aliphatic rings. The standard InChI is InChI=1S/C51H98O5/c1-4-7-10-13-15-17-19-21-23-24-25-26-27-29-31-33-35-37-40-43-46-54-47-49(56-51(53)45-42-38-12-9-6-3)48-55-50(52)44-41-39-36-34-32-30-28-22-20-18-16-14-11-8-5-2/h22,28,49H,4-21,23-27,29-48H2,1-3H3/b28-22-. The van der Waals surface area contributed by atoms with E-state index in [0.29, 0.717) is 26.1 Å². The molecule has 0 aromatic heterocycles. The van der Waals surface area contributed by atoms with Crippen LogP contribution in [0, 0.1) is 0 Å². The summed E-state index contributed by atoms with van der Waals surface area (Å²) in [6, 6.07) is 0. The summed E-state index contributed by atoms with van der Waals surface area (Å²) in [4.78, 5) is 25.1. The molecule has 0 spiro atoms. The molecule has 1 unspecified atom stereocenters. The summed E-state index contributed by atoms with van der Waals surface area (Å²) in [5.41, 5.74) is 0. The minimum Gasteiger partial charge on any atom is -0.462 e. The lowest BCUT2D eigenvalue weighted by atomic mass is 10.0. The number of carbonyl (C=O) groups is 2. The molecule has 0 amide bonds. The smallest absolute Gasteiger partial charge is 0.306 e. The van der Waals surface area contributed by atoms with Crippen LogP contribution >= 0.6 is 0 Å². The molecule has 0 heterocycles. The van der Waals surface area contributed by atoms with Gasteiger partial charge in [-0.2, -0.15) is 0 Å². The van der Waals surface area contributed by atoms with Gasteiger partial charge in [-0.1, -0.05) is 232 Å². The third kappa shape index (κ3) is 45.3. The van der Waals surface area contributed by atoms with E-state index < -0.39 is 6.10 Å². The third-order valence-electron chi connectivity index (χ3n) is 11.3. The van der Waals surface area contributed by atoms with E-state index in [1.54, 1.807) is 0 Å². The molecule has 0 aromatic rings. The quantitative estimate of drug-likeness (QED) is 0.0349. The van der Waals surface area contributed by atoms with Gasteiger partial charge in [0.15, 0.2) is 6.10 Å². The van der Waals surface area contributed by atoms with E-state index in [1.807, 2.05) is 0 Å². The molecule has 1 atom stereocenters. The molecule has 332 valence electrons. The Kier molecular flexibility index (Phi) is 46.8. The van der Waals surface area contributed by atoms with Crippen molar-refractivity contribution in [3.63, 3.8) is 0 Å². The van der Waals surface area contributed by atoms with Crippen molar-refractivity contribution in [1.82, 2.24) is 0 Å². The van der Waals surface area contributed by atoms with Crippen LogP contribution in [0.25, 0.3) is 0 Å². The maximum absolute atomic E-state index is 12.6. The monoisotopic (exact) mass is 791 g/mol. The number of carbonyl (C=O) groups excluding carboxylic acids is 2. The van der Waals surface area contributed by atoms with E-state index in [9.17, 15) is 9.59 Å². The second-order valence-corrected chi connectivity index (χ2v) is 17.1. The van der Waals surface area contributed by atoms with Gasteiger partial charge in [-0.05, 0) is 44.9 Å². The molecule has 0 saturated heterocycles. The van der Waals surface area contributed by atoms with Crippen molar-refractivity contribution in [3.8, 4) is 0 Å². The van der Waals surface area contributed by atoms with E-state index >= 15 is 0 Å². The van der Waals surface area contributed by atoms with Crippen LogP contribution in [0.1, 0.15) is 278 Å². The lowest BCUT2D eigenvalue weighted by Gasteiger charge is -2.18. The first-order valence-electron chi connectivity index (χ1n) is 25.2. The van der Waals surface area contributed by atoms with E-state index in [4.69, 9.17) is 14.2 Å². The van der Waals surface area contributed by atoms with Gasteiger partial charge in [0.25, 0.3) is 0 Å². The molecule has 0 rings (SSSR count). The van der Waals surface area contributed by atoms with Gasteiger partial charge in [0.1, 0.15) is 6.61 Å². The average Bonchev–Trinajstić information content (AvgIpc) is 3.20. The summed E-state index contributed by atoms with van der Waals surface area (Å²) in [6.45, 7) is 7.80. The SMILES string of the molecule is CCCCCCCC/C=C\CCCCCCCC(=O)OCC(COCCCCCCCCCCCCCCCCCCCCCC)OC(=O)CCCCCCC. The molecule has 5 heteroatoms. The molecule has 0 N–H and O–H groups in total. The topological polar surface area (TPSA) is 61.8 Å². The maximum Gasteiger partial charge on any atom is 0.306 e. The number of hydrogen-bond donors (Lipinski definition) is 0. The van der Waals surface area contributed by atoms with Gasteiger partial charge in [0.2, 0.25) is 0 Å². The molecule has 0 aliphatic heterocycles. The Morgan fingerprint density at radius 1 is 0.375 bits per heavy atom. The lowest BCUT2D eigenvalue weighted by molar-refractivity contribution is -0.163. The number of allylic oxidation sites excluding steroid dienone is 2. The summed E-state index contributed by atoms with van der Waals surface area (Å²) >= 11 is 0. The second kappa shape index (κ2) is 48.0. The molecule has 5 nitrogen and oxygen atoms in total. The fourth-order valence-electron chi connectivity index (χ4n) is 7.51. The Morgan fingerprint density at radius 3 is 1.09 bits per heavy atom. The molecule has 0 aromatic carbocycles. The van der Waals surface area contributed by atoms with E-state index in [-0.39, 0.29) is 18.5 Å². The minimum absolute atomic E-state index is 0.0880. The zero-order valence-corrected chi connectivity index (χ0v) is 38.2. The van der Waals surface area contributed by atoms with E-state index in [2.05, 4.69) is 32.9 Å². The van der Waals surface area contributed by atoms with Gasteiger partial charge in [-0.3, -0.25) is 9.59 Å². The van der Waals surface area contributed by atoms with Gasteiger partial charge >= 0.3 is 11.9 Å². The normalized spacial score (nSPS) is 12.1. The molecule has 0 bridgehead atoms. The Balaban J connectivity index is 3.95. The highest BCUT2D eigenvalue weighted by Crippen LogP contribution is 2.16. The van der Waals surface area contributed by atoms with Crippen molar-refractivity contribution in [1.29, 1.82) is 0 Å². The van der Waals surface area contributed by atoms with Crippen LogP contribution in [-0.4, -0.2) is 37.9 Å². The highest BCUT2D eigenvalue weighted by Gasteiger charge is 2.17. The first-order valence-corrected chi connectivity index (χ1v) is 25.2. The van der Waals surface area contributed by atoms with Crippen LogP contribution in [0.4, 0.5) is 0 Å². The Bertz CT molecular complexity index is 810. The van der Waals surface area contributed by atoms with Crippen molar-refractivity contribution < 1.29 is 23.8 Å². The molecular weight excluding hydrogens is 693 g/mol. The van der Waals surface area contributed by atoms with Crippen molar-refractivity contribution in [2.24, 2.45) is 0 Å². The van der Waals surface area contributed by atoms with E-state index in [1.165, 1.54) is 199 Å². The molecule has 0 aliphatic carbocycles. The van der Waals surface area contributed by atoms with Crippen LogP contribution in [0.15, 0.2) is 12.2 Å². The minimum atomic E-state index is -0.527. The Labute approximate surface area is 350 Å². The summed E-state index contributed by atoms with van der Waals surface area (Å²) in [7, 11) is 0.